The van der Waals surface area contributed by atoms with E-state index in [1.54, 1.807) is 11.3 Å². The smallest absolute Gasteiger partial charge is 0.246 e. The molecule has 0 spiro atoms. The number of thiazole rings is 1. The van der Waals surface area contributed by atoms with E-state index in [0.29, 0.717) is 18.3 Å². The normalized spacial score (nSPS) is 20.8. The van der Waals surface area contributed by atoms with E-state index in [1.807, 2.05) is 19.4 Å². The molecule has 0 aromatic carbocycles. The van der Waals surface area contributed by atoms with Gasteiger partial charge in [0, 0.05) is 18.0 Å². The lowest BCUT2D eigenvalue weighted by Gasteiger charge is -2.32. The second-order valence-electron chi connectivity index (χ2n) is 4.60. The lowest BCUT2D eigenvalue weighted by atomic mass is 10.2. The first-order valence-electron chi connectivity index (χ1n) is 6.25. The van der Waals surface area contributed by atoms with Crippen LogP contribution in [0.15, 0.2) is 10.0 Å². The molecule has 102 valence electrons. The van der Waals surface area contributed by atoms with Gasteiger partial charge in [-0.3, -0.25) is 4.90 Å². The van der Waals surface area contributed by atoms with Gasteiger partial charge in [0.1, 0.15) is 6.04 Å². The molecular weight excluding hydrogens is 264 g/mol. The molecule has 0 saturated carbocycles. The molecule has 7 heteroatoms. The highest BCUT2D eigenvalue weighted by molar-refractivity contribution is 7.09. The highest BCUT2D eigenvalue weighted by Crippen LogP contribution is 2.26. The van der Waals surface area contributed by atoms with E-state index in [9.17, 15) is 0 Å². The van der Waals surface area contributed by atoms with Gasteiger partial charge in [0.15, 0.2) is 5.82 Å². The molecule has 0 bridgehead atoms. The molecule has 3 heterocycles. The van der Waals surface area contributed by atoms with Crippen LogP contribution in [0.25, 0.3) is 0 Å². The third kappa shape index (κ3) is 2.68. The minimum atomic E-state index is 0.0384. The Morgan fingerprint density at radius 3 is 3.05 bits per heavy atom. The van der Waals surface area contributed by atoms with Crippen LogP contribution in [-0.4, -0.2) is 39.8 Å². The van der Waals surface area contributed by atoms with Gasteiger partial charge in [-0.05, 0) is 13.8 Å². The van der Waals surface area contributed by atoms with Crippen molar-refractivity contribution in [1.82, 2.24) is 20.0 Å². The molecule has 0 aliphatic carbocycles. The first-order chi connectivity index (χ1) is 9.24. The average Bonchev–Trinajstić information content (AvgIpc) is 3.00. The summed E-state index contributed by atoms with van der Waals surface area (Å²) in [6.45, 7) is 6.92. The molecule has 1 atom stereocenters. The molecule has 1 fully saturated rings. The molecule has 1 aliphatic rings. The van der Waals surface area contributed by atoms with Crippen LogP contribution < -0.4 is 0 Å². The average molecular weight is 280 g/mol. The van der Waals surface area contributed by atoms with Crippen LogP contribution in [0.5, 0.6) is 0 Å². The molecule has 1 aliphatic heterocycles. The minimum Gasteiger partial charge on any atom is -0.378 e. The maximum absolute atomic E-state index is 5.54. The van der Waals surface area contributed by atoms with E-state index in [4.69, 9.17) is 9.26 Å². The van der Waals surface area contributed by atoms with Crippen molar-refractivity contribution >= 4 is 11.3 Å². The molecule has 3 rings (SSSR count). The lowest BCUT2D eigenvalue weighted by Crippen LogP contribution is -2.39. The Morgan fingerprint density at radius 1 is 1.47 bits per heavy atom. The van der Waals surface area contributed by atoms with Crippen molar-refractivity contribution in [3.05, 3.63) is 27.8 Å². The van der Waals surface area contributed by atoms with Gasteiger partial charge >= 0.3 is 0 Å². The Bertz CT molecular complexity index is 553. The van der Waals surface area contributed by atoms with Gasteiger partial charge in [-0.15, -0.1) is 11.3 Å². The molecular formula is C12H16N4O2S. The summed E-state index contributed by atoms with van der Waals surface area (Å²) in [5.41, 5.74) is 2.98. The van der Waals surface area contributed by atoms with Gasteiger partial charge in [-0.2, -0.15) is 4.98 Å². The van der Waals surface area contributed by atoms with E-state index in [1.165, 1.54) is 4.88 Å². The van der Waals surface area contributed by atoms with Crippen molar-refractivity contribution in [3.63, 3.8) is 0 Å². The van der Waals surface area contributed by atoms with Crippen molar-refractivity contribution in [2.24, 2.45) is 0 Å². The molecule has 2 aromatic heterocycles. The van der Waals surface area contributed by atoms with Gasteiger partial charge in [0.25, 0.3) is 0 Å². The molecule has 0 amide bonds. The highest BCUT2D eigenvalue weighted by Gasteiger charge is 2.29. The quantitative estimate of drug-likeness (QED) is 0.853. The predicted molar refractivity (Wildman–Crippen MR) is 69.9 cm³/mol. The summed E-state index contributed by atoms with van der Waals surface area (Å²) in [5.74, 6) is 1.30. The van der Waals surface area contributed by atoms with Gasteiger partial charge in [-0.1, -0.05) is 5.16 Å². The number of rotatable bonds is 3. The molecule has 2 aromatic rings. The van der Waals surface area contributed by atoms with Crippen LogP contribution in [0.3, 0.4) is 0 Å². The fraction of sp³-hybridized carbons (Fsp3) is 0.583. The van der Waals surface area contributed by atoms with Crippen LogP contribution in [-0.2, 0) is 11.3 Å². The van der Waals surface area contributed by atoms with Crippen molar-refractivity contribution < 1.29 is 9.26 Å². The summed E-state index contributed by atoms with van der Waals surface area (Å²) in [6, 6.07) is 0.0384. The van der Waals surface area contributed by atoms with Crippen molar-refractivity contribution in [2.75, 3.05) is 19.8 Å². The zero-order valence-electron chi connectivity index (χ0n) is 11.0. The number of morpholine rings is 1. The second-order valence-corrected chi connectivity index (χ2v) is 5.54. The van der Waals surface area contributed by atoms with Gasteiger partial charge in [0.05, 0.1) is 24.4 Å². The molecule has 19 heavy (non-hydrogen) atoms. The number of hydrogen-bond acceptors (Lipinski definition) is 7. The first-order valence-corrected chi connectivity index (χ1v) is 7.13. The summed E-state index contributed by atoms with van der Waals surface area (Å²) < 4.78 is 10.8. The Labute approximate surface area is 115 Å². The Morgan fingerprint density at radius 2 is 2.37 bits per heavy atom. The van der Waals surface area contributed by atoms with Crippen molar-refractivity contribution in [3.8, 4) is 0 Å². The topological polar surface area (TPSA) is 64.3 Å². The summed E-state index contributed by atoms with van der Waals surface area (Å²) in [5, 5.41) is 3.86. The van der Waals surface area contributed by atoms with Gasteiger partial charge in [-0.25, -0.2) is 4.98 Å². The molecule has 0 N–H and O–H groups in total. The van der Waals surface area contributed by atoms with Crippen LogP contribution in [0.4, 0.5) is 0 Å². The zero-order valence-corrected chi connectivity index (χ0v) is 11.8. The Balaban J connectivity index is 1.79. The SMILES string of the molecule is Cc1noc(C2COCCN2Cc2scnc2C)n1. The van der Waals surface area contributed by atoms with Crippen molar-refractivity contribution in [1.29, 1.82) is 0 Å². The maximum Gasteiger partial charge on any atom is 0.246 e. The summed E-state index contributed by atoms with van der Waals surface area (Å²) >= 11 is 1.69. The fourth-order valence-electron chi connectivity index (χ4n) is 2.17. The fourth-order valence-corrected chi connectivity index (χ4v) is 2.97. The molecule has 6 nitrogen and oxygen atoms in total. The number of aryl methyl sites for hydroxylation is 2. The molecule has 1 unspecified atom stereocenters. The Hall–Kier alpha value is -1.31. The van der Waals surface area contributed by atoms with Gasteiger partial charge in [0.2, 0.25) is 5.89 Å². The van der Waals surface area contributed by atoms with Crippen LogP contribution in [0.1, 0.15) is 28.3 Å². The summed E-state index contributed by atoms with van der Waals surface area (Å²) in [6.07, 6.45) is 0. The minimum absolute atomic E-state index is 0.0384. The first kappa shape index (κ1) is 12.7. The van der Waals surface area contributed by atoms with E-state index in [0.717, 1.165) is 25.4 Å². The van der Waals surface area contributed by atoms with Gasteiger partial charge < -0.3 is 9.26 Å². The van der Waals surface area contributed by atoms with E-state index in [-0.39, 0.29) is 6.04 Å². The number of ether oxygens (including phenoxy) is 1. The third-order valence-corrected chi connectivity index (χ3v) is 4.18. The number of nitrogens with zero attached hydrogens (tertiary/aromatic N) is 4. The van der Waals surface area contributed by atoms with Crippen LogP contribution >= 0.6 is 11.3 Å². The van der Waals surface area contributed by atoms with Crippen LogP contribution in [0.2, 0.25) is 0 Å². The van der Waals surface area contributed by atoms with E-state index >= 15 is 0 Å². The number of aromatic nitrogens is 3. The number of hydrogen-bond donors (Lipinski definition) is 0. The molecule has 0 radical (unpaired) electrons. The van der Waals surface area contributed by atoms with Crippen LogP contribution in [0, 0.1) is 13.8 Å². The monoisotopic (exact) mass is 280 g/mol. The van der Waals surface area contributed by atoms with E-state index < -0.39 is 0 Å². The second kappa shape index (κ2) is 5.36. The van der Waals surface area contributed by atoms with Crippen molar-refractivity contribution in [2.45, 2.75) is 26.4 Å². The molecule has 1 saturated heterocycles. The van der Waals surface area contributed by atoms with E-state index in [2.05, 4.69) is 20.0 Å². The predicted octanol–water partition coefficient (Wildman–Crippen LogP) is 1.72. The third-order valence-electron chi connectivity index (χ3n) is 3.26. The lowest BCUT2D eigenvalue weighted by molar-refractivity contribution is -0.0237. The Kier molecular flexibility index (Phi) is 3.58. The highest BCUT2D eigenvalue weighted by atomic mass is 32.1. The summed E-state index contributed by atoms with van der Waals surface area (Å²) in [4.78, 5) is 12.2. The standard InChI is InChI=1S/C12H16N4O2S/c1-8-11(19-7-13-8)5-16-3-4-17-6-10(16)12-14-9(2)15-18-12/h7,10H,3-6H2,1-2H3. The largest absolute Gasteiger partial charge is 0.378 e. The maximum atomic E-state index is 5.54. The summed E-state index contributed by atoms with van der Waals surface area (Å²) in [7, 11) is 0. The zero-order chi connectivity index (χ0) is 13.2.